The number of halogens is 1. The summed E-state index contributed by atoms with van der Waals surface area (Å²) in [5, 5.41) is 0. The summed E-state index contributed by atoms with van der Waals surface area (Å²) >= 11 is 3.49. The Hall–Kier alpha value is -1.03. The second-order valence-corrected chi connectivity index (χ2v) is 4.64. The summed E-state index contributed by atoms with van der Waals surface area (Å²) in [5.74, 6) is 1.67. The average molecular weight is 285 g/mol. The Bertz CT molecular complexity index is 403. The zero-order valence-corrected chi connectivity index (χ0v) is 10.6. The van der Waals surface area contributed by atoms with Gasteiger partial charge in [-0.2, -0.15) is 0 Å². The van der Waals surface area contributed by atoms with E-state index in [-0.39, 0.29) is 5.92 Å². The lowest BCUT2D eigenvalue weighted by molar-refractivity contribution is -0.108. The minimum absolute atomic E-state index is 0.128. The van der Waals surface area contributed by atoms with Gasteiger partial charge in [-0.15, -0.1) is 0 Å². The maximum absolute atomic E-state index is 10.6. The van der Waals surface area contributed by atoms with Crippen LogP contribution in [0.4, 0.5) is 0 Å². The molecule has 0 aliphatic carbocycles. The first-order valence-corrected chi connectivity index (χ1v) is 6.05. The predicted octanol–water partition coefficient (Wildman–Crippen LogP) is 2.91. The van der Waals surface area contributed by atoms with Gasteiger partial charge in [-0.05, 0) is 18.1 Å². The molecule has 0 amide bonds. The number of fused-ring (bicyclic) bond motifs is 1. The van der Waals surface area contributed by atoms with E-state index < -0.39 is 0 Å². The van der Waals surface area contributed by atoms with Crippen molar-refractivity contribution in [3.8, 4) is 11.5 Å². The van der Waals surface area contributed by atoms with Gasteiger partial charge >= 0.3 is 0 Å². The van der Waals surface area contributed by atoms with E-state index in [9.17, 15) is 4.79 Å². The van der Waals surface area contributed by atoms with Crippen LogP contribution in [0.3, 0.4) is 0 Å². The lowest BCUT2D eigenvalue weighted by Gasteiger charge is -2.24. The second kappa shape index (κ2) is 4.87. The molecule has 1 aromatic rings. The monoisotopic (exact) mass is 284 g/mol. The Morgan fingerprint density at radius 1 is 1.44 bits per heavy atom. The van der Waals surface area contributed by atoms with Crippen LogP contribution in [0.2, 0.25) is 0 Å². The molecule has 0 saturated carbocycles. The number of benzene rings is 1. The molecule has 0 saturated heterocycles. The fraction of sp³-hybridized carbons (Fsp3) is 0.417. The van der Waals surface area contributed by atoms with Crippen LogP contribution in [-0.4, -0.2) is 19.5 Å². The van der Waals surface area contributed by atoms with Gasteiger partial charge in [0.1, 0.15) is 19.5 Å². The molecule has 1 atom stereocenters. The molecule has 86 valence electrons. The molecule has 0 fully saturated rings. The maximum Gasteiger partial charge on any atom is 0.165 e. The van der Waals surface area contributed by atoms with E-state index in [2.05, 4.69) is 15.9 Å². The number of rotatable bonds is 3. The molecule has 4 heteroatoms. The average Bonchev–Trinajstić information content (AvgIpc) is 2.29. The van der Waals surface area contributed by atoms with Crippen molar-refractivity contribution in [2.24, 2.45) is 0 Å². The molecule has 1 heterocycles. The Balaban J connectivity index is 2.44. The summed E-state index contributed by atoms with van der Waals surface area (Å²) in [4.78, 5) is 10.6. The van der Waals surface area contributed by atoms with Crippen LogP contribution in [0, 0.1) is 0 Å². The van der Waals surface area contributed by atoms with Crippen LogP contribution < -0.4 is 9.47 Å². The van der Waals surface area contributed by atoms with Gasteiger partial charge in [0, 0.05) is 16.5 Å². The molecule has 3 nitrogen and oxygen atoms in total. The molecule has 1 unspecified atom stereocenters. The molecule has 0 aromatic heterocycles. The van der Waals surface area contributed by atoms with Crippen molar-refractivity contribution in [1.29, 1.82) is 0 Å². The fourth-order valence-electron chi connectivity index (χ4n) is 1.83. The van der Waals surface area contributed by atoms with Crippen molar-refractivity contribution in [1.82, 2.24) is 0 Å². The van der Waals surface area contributed by atoms with Gasteiger partial charge in [0.05, 0.1) is 0 Å². The molecule has 0 spiro atoms. The van der Waals surface area contributed by atoms with Crippen molar-refractivity contribution >= 4 is 22.2 Å². The maximum atomic E-state index is 10.6. The van der Waals surface area contributed by atoms with E-state index in [1.165, 1.54) is 0 Å². The highest BCUT2D eigenvalue weighted by atomic mass is 79.9. The lowest BCUT2D eigenvalue weighted by atomic mass is 9.97. The number of aldehydes is 1. The Labute approximate surface area is 103 Å². The Kier molecular flexibility index (Phi) is 3.49. The van der Waals surface area contributed by atoms with Gasteiger partial charge in [0.15, 0.2) is 11.5 Å². The number of carbonyl (C=O) groups is 1. The van der Waals surface area contributed by atoms with Crippen LogP contribution in [0.15, 0.2) is 16.6 Å². The quantitative estimate of drug-likeness (QED) is 0.801. The SMILES string of the molecule is CC(CC=O)c1c(Br)ccc2c1OCCO2. The van der Waals surface area contributed by atoms with E-state index in [1.807, 2.05) is 19.1 Å². The van der Waals surface area contributed by atoms with Gasteiger partial charge in [0.25, 0.3) is 0 Å². The first-order chi connectivity index (χ1) is 7.74. The summed E-state index contributed by atoms with van der Waals surface area (Å²) in [6.07, 6.45) is 1.42. The highest BCUT2D eigenvalue weighted by Crippen LogP contribution is 2.42. The van der Waals surface area contributed by atoms with Crippen molar-refractivity contribution in [3.05, 3.63) is 22.2 Å². The molecule has 1 aliphatic heterocycles. The van der Waals surface area contributed by atoms with Crippen LogP contribution in [0.1, 0.15) is 24.8 Å². The van der Waals surface area contributed by atoms with Crippen LogP contribution >= 0.6 is 15.9 Å². The summed E-state index contributed by atoms with van der Waals surface area (Å²) in [5.41, 5.74) is 1.02. The molecule has 2 rings (SSSR count). The Morgan fingerprint density at radius 3 is 2.94 bits per heavy atom. The van der Waals surface area contributed by atoms with Gasteiger partial charge in [-0.3, -0.25) is 0 Å². The fourth-order valence-corrected chi connectivity index (χ4v) is 2.54. The van der Waals surface area contributed by atoms with Crippen molar-refractivity contribution < 1.29 is 14.3 Å². The third kappa shape index (κ3) is 2.07. The number of ether oxygens (including phenoxy) is 2. The van der Waals surface area contributed by atoms with Gasteiger partial charge in [-0.1, -0.05) is 22.9 Å². The summed E-state index contributed by atoms with van der Waals surface area (Å²) in [7, 11) is 0. The third-order valence-electron chi connectivity index (χ3n) is 2.64. The smallest absolute Gasteiger partial charge is 0.165 e. The zero-order valence-electron chi connectivity index (χ0n) is 9.03. The molecule has 0 N–H and O–H groups in total. The normalized spacial score (nSPS) is 15.6. The van der Waals surface area contributed by atoms with E-state index in [0.717, 1.165) is 27.8 Å². The van der Waals surface area contributed by atoms with E-state index in [4.69, 9.17) is 9.47 Å². The molecular weight excluding hydrogens is 272 g/mol. The largest absolute Gasteiger partial charge is 0.486 e. The second-order valence-electron chi connectivity index (χ2n) is 3.79. The first kappa shape index (κ1) is 11.5. The first-order valence-electron chi connectivity index (χ1n) is 5.25. The van der Waals surface area contributed by atoms with Crippen molar-refractivity contribution in [2.75, 3.05) is 13.2 Å². The number of carbonyl (C=O) groups excluding carboxylic acids is 1. The topological polar surface area (TPSA) is 35.5 Å². The van der Waals surface area contributed by atoms with Crippen molar-refractivity contribution in [2.45, 2.75) is 19.3 Å². The minimum atomic E-state index is 0.128. The minimum Gasteiger partial charge on any atom is -0.486 e. The molecule has 0 radical (unpaired) electrons. The number of hydrogen-bond donors (Lipinski definition) is 0. The highest BCUT2D eigenvalue weighted by molar-refractivity contribution is 9.10. The van der Waals surface area contributed by atoms with Crippen LogP contribution in [-0.2, 0) is 4.79 Å². The van der Waals surface area contributed by atoms with Gasteiger partial charge < -0.3 is 14.3 Å². The van der Waals surface area contributed by atoms with Crippen LogP contribution in [0.5, 0.6) is 11.5 Å². The summed E-state index contributed by atoms with van der Waals surface area (Å²) < 4.78 is 12.1. The number of hydrogen-bond acceptors (Lipinski definition) is 3. The zero-order chi connectivity index (χ0) is 11.5. The molecule has 16 heavy (non-hydrogen) atoms. The van der Waals surface area contributed by atoms with E-state index in [1.54, 1.807) is 0 Å². The van der Waals surface area contributed by atoms with Gasteiger partial charge in [0.2, 0.25) is 0 Å². The van der Waals surface area contributed by atoms with E-state index in [0.29, 0.717) is 19.6 Å². The van der Waals surface area contributed by atoms with Crippen molar-refractivity contribution in [3.63, 3.8) is 0 Å². The Morgan fingerprint density at radius 2 is 2.19 bits per heavy atom. The molecule has 1 aliphatic rings. The molecule has 1 aromatic carbocycles. The van der Waals surface area contributed by atoms with E-state index >= 15 is 0 Å². The predicted molar refractivity (Wildman–Crippen MR) is 64.2 cm³/mol. The van der Waals surface area contributed by atoms with Gasteiger partial charge in [-0.25, -0.2) is 0 Å². The lowest BCUT2D eigenvalue weighted by Crippen LogP contribution is -2.17. The molecular formula is C12H13BrO3. The standard InChI is InChI=1S/C12H13BrO3/c1-8(4-5-14)11-9(13)2-3-10-12(11)16-7-6-15-10/h2-3,5,8H,4,6-7H2,1H3. The highest BCUT2D eigenvalue weighted by Gasteiger charge is 2.22. The summed E-state index contributed by atoms with van der Waals surface area (Å²) in [6, 6.07) is 3.82. The van der Waals surface area contributed by atoms with Crippen LogP contribution in [0.25, 0.3) is 0 Å². The molecule has 0 bridgehead atoms. The summed E-state index contributed by atoms with van der Waals surface area (Å²) in [6.45, 7) is 3.15. The third-order valence-corrected chi connectivity index (χ3v) is 3.33.